The number of nitrogens with one attached hydrogen (secondary N) is 1. The second-order valence-corrected chi connectivity index (χ2v) is 5.22. The standard InChI is InChI=1S/C17H20FN/c1-13(2)12-17(14-8-4-3-5-9-14)19-16-11-7-6-10-15(16)18/h3-11,13,17,19H,12H2,1-2H3. The molecule has 0 heterocycles. The van der Waals surface area contributed by atoms with Crippen molar-refractivity contribution in [3.8, 4) is 0 Å². The van der Waals surface area contributed by atoms with Gasteiger partial charge in [0.25, 0.3) is 0 Å². The van der Waals surface area contributed by atoms with Crippen LogP contribution < -0.4 is 5.32 Å². The van der Waals surface area contributed by atoms with E-state index in [9.17, 15) is 4.39 Å². The molecule has 1 atom stereocenters. The van der Waals surface area contributed by atoms with Crippen LogP contribution >= 0.6 is 0 Å². The molecule has 0 aliphatic heterocycles. The normalized spacial score (nSPS) is 12.4. The molecule has 1 N–H and O–H groups in total. The van der Waals surface area contributed by atoms with Crippen LogP contribution in [0.15, 0.2) is 54.6 Å². The summed E-state index contributed by atoms with van der Waals surface area (Å²) in [5.41, 5.74) is 1.76. The summed E-state index contributed by atoms with van der Waals surface area (Å²) in [4.78, 5) is 0. The maximum atomic E-state index is 13.7. The molecule has 0 aliphatic carbocycles. The van der Waals surface area contributed by atoms with Gasteiger partial charge in [0.15, 0.2) is 0 Å². The van der Waals surface area contributed by atoms with Gasteiger partial charge in [-0.25, -0.2) is 4.39 Å². The number of hydrogen-bond acceptors (Lipinski definition) is 1. The van der Waals surface area contributed by atoms with Crippen LogP contribution in [0, 0.1) is 11.7 Å². The van der Waals surface area contributed by atoms with Crippen LogP contribution in [0.5, 0.6) is 0 Å². The molecule has 19 heavy (non-hydrogen) atoms. The summed E-state index contributed by atoms with van der Waals surface area (Å²) >= 11 is 0. The third-order valence-electron chi connectivity index (χ3n) is 3.11. The van der Waals surface area contributed by atoms with E-state index in [1.54, 1.807) is 12.1 Å². The summed E-state index contributed by atoms with van der Waals surface area (Å²) in [6.07, 6.45) is 0.971. The average Bonchev–Trinajstić information content (AvgIpc) is 2.41. The Morgan fingerprint density at radius 3 is 2.21 bits per heavy atom. The smallest absolute Gasteiger partial charge is 0.146 e. The molecule has 0 spiro atoms. The Hall–Kier alpha value is -1.83. The molecule has 0 fully saturated rings. The number of benzene rings is 2. The van der Waals surface area contributed by atoms with E-state index in [1.807, 2.05) is 24.3 Å². The van der Waals surface area contributed by atoms with Crippen molar-refractivity contribution in [2.24, 2.45) is 5.92 Å². The Morgan fingerprint density at radius 1 is 0.947 bits per heavy atom. The van der Waals surface area contributed by atoms with Gasteiger partial charge in [-0.1, -0.05) is 56.3 Å². The van der Waals surface area contributed by atoms with Crippen molar-refractivity contribution in [2.75, 3.05) is 5.32 Å². The quantitative estimate of drug-likeness (QED) is 0.792. The van der Waals surface area contributed by atoms with Crippen molar-refractivity contribution in [1.29, 1.82) is 0 Å². The number of hydrogen-bond donors (Lipinski definition) is 1. The summed E-state index contributed by atoms with van der Waals surface area (Å²) < 4.78 is 13.7. The highest BCUT2D eigenvalue weighted by Gasteiger charge is 2.14. The van der Waals surface area contributed by atoms with Crippen LogP contribution in [0.4, 0.5) is 10.1 Å². The Balaban J connectivity index is 2.22. The molecule has 1 unspecified atom stereocenters. The molecule has 100 valence electrons. The van der Waals surface area contributed by atoms with Crippen molar-refractivity contribution in [1.82, 2.24) is 0 Å². The minimum Gasteiger partial charge on any atom is -0.376 e. The first-order valence-electron chi connectivity index (χ1n) is 6.73. The van der Waals surface area contributed by atoms with Gasteiger partial charge in [-0.3, -0.25) is 0 Å². The monoisotopic (exact) mass is 257 g/mol. The van der Waals surface area contributed by atoms with Crippen molar-refractivity contribution in [3.63, 3.8) is 0 Å². The molecule has 2 aromatic rings. The van der Waals surface area contributed by atoms with Crippen LogP contribution in [0.2, 0.25) is 0 Å². The lowest BCUT2D eigenvalue weighted by atomic mass is 9.96. The molecule has 2 heteroatoms. The SMILES string of the molecule is CC(C)CC(Nc1ccccc1F)c1ccccc1. The largest absolute Gasteiger partial charge is 0.376 e. The molecule has 2 rings (SSSR count). The van der Waals surface area contributed by atoms with Crippen molar-refractivity contribution in [3.05, 3.63) is 66.0 Å². The van der Waals surface area contributed by atoms with E-state index in [0.29, 0.717) is 11.6 Å². The molecular weight excluding hydrogens is 237 g/mol. The van der Waals surface area contributed by atoms with E-state index >= 15 is 0 Å². The van der Waals surface area contributed by atoms with Crippen LogP contribution in [0.1, 0.15) is 31.9 Å². The van der Waals surface area contributed by atoms with E-state index < -0.39 is 0 Å². The molecule has 0 aliphatic rings. The van der Waals surface area contributed by atoms with Crippen molar-refractivity contribution >= 4 is 5.69 Å². The Labute approximate surface area is 114 Å². The first-order chi connectivity index (χ1) is 9.16. The predicted octanol–water partition coefficient (Wildman–Crippen LogP) is 5.03. The third kappa shape index (κ3) is 3.82. The fourth-order valence-electron chi connectivity index (χ4n) is 2.20. The van der Waals surface area contributed by atoms with E-state index in [2.05, 4.69) is 31.3 Å². The van der Waals surface area contributed by atoms with Gasteiger partial charge in [0.1, 0.15) is 5.82 Å². The average molecular weight is 257 g/mol. The summed E-state index contributed by atoms with van der Waals surface area (Å²) in [5, 5.41) is 3.32. The van der Waals surface area contributed by atoms with E-state index in [-0.39, 0.29) is 11.9 Å². The highest BCUT2D eigenvalue weighted by atomic mass is 19.1. The summed E-state index contributed by atoms with van der Waals surface area (Å²) in [6.45, 7) is 4.36. The third-order valence-corrected chi connectivity index (χ3v) is 3.11. The lowest BCUT2D eigenvalue weighted by molar-refractivity contribution is 0.527. The lowest BCUT2D eigenvalue weighted by Gasteiger charge is -2.22. The maximum Gasteiger partial charge on any atom is 0.146 e. The van der Waals surface area contributed by atoms with E-state index in [1.165, 1.54) is 11.6 Å². The number of anilines is 1. The fraction of sp³-hybridized carbons (Fsp3) is 0.294. The summed E-state index contributed by atoms with van der Waals surface area (Å²) in [6, 6.07) is 17.2. The fourth-order valence-corrected chi connectivity index (χ4v) is 2.20. The van der Waals surface area contributed by atoms with Crippen LogP contribution in [-0.2, 0) is 0 Å². The van der Waals surface area contributed by atoms with E-state index in [0.717, 1.165) is 6.42 Å². The van der Waals surface area contributed by atoms with Crippen molar-refractivity contribution in [2.45, 2.75) is 26.3 Å². The zero-order chi connectivity index (χ0) is 13.7. The number of rotatable bonds is 5. The number of para-hydroxylation sites is 1. The van der Waals surface area contributed by atoms with Crippen LogP contribution in [0.25, 0.3) is 0 Å². The second kappa shape index (κ2) is 6.37. The van der Waals surface area contributed by atoms with Gasteiger partial charge < -0.3 is 5.32 Å². The zero-order valence-corrected chi connectivity index (χ0v) is 11.4. The first kappa shape index (κ1) is 13.6. The topological polar surface area (TPSA) is 12.0 Å². The summed E-state index contributed by atoms with van der Waals surface area (Å²) in [7, 11) is 0. The Bertz CT molecular complexity index is 508. The molecule has 0 saturated carbocycles. The maximum absolute atomic E-state index is 13.7. The summed E-state index contributed by atoms with van der Waals surface area (Å²) in [5.74, 6) is 0.344. The molecule has 2 aromatic carbocycles. The highest BCUT2D eigenvalue weighted by Crippen LogP contribution is 2.27. The second-order valence-electron chi connectivity index (χ2n) is 5.22. The Morgan fingerprint density at radius 2 is 1.58 bits per heavy atom. The van der Waals surface area contributed by atoms with Crippen molar-refractivity contribution < 1.29 is 4.39 Å². The Kier molecular flexibility index (Phi) is 4.56. The van der Waals surface area contributed by atoms with Crippen LogP contribution in [-0.4, -0.2) is 0 Å². The molecule has 0 saturated heterocycles. The number of halogens is 1. The molecule has 0 aromatic heterocycles. The lowest BCUT2D eigenvalue weighted by Crippen LogP contribution is -2.14. The minimum absolute atomic E-state index is 0.137. The first-order valence-corrected chi connectivity index (χ1v) is 6.73. The van der Waals surface area contributed by atoms with Gasteiger partial charge in [-0.15, -0.1) is 0 Å². The predicted molar refractivity (Wildman–Crippen MR) is 78.7 cm³/mol. The van der Waals surface area contributed by atoms with Gasteiger partial charge in [0, 0.05) is 0 Å². The molecule has 0 amide bonds. The molecule has 0 bridgehead atoms. The van der Waals surface area contributed by atoms with Crippen LogP contribution in [0.3, 0.4) is 0 Å². The zero-order valence-electron chi connectivity index (χ0n) is 11.4. The van der Waals surface area contributed by atoms with Gasteiger partial charge >= 0.3 is 0 Å². The van der Waals surface area contributed by atoms with Gasteiger partial charge in [0.2, 0.25) is 0 Å². The van der Waals surface area contributed by atoms with Gasteiger partial charge in [-0.05, 0) is 30.0 Å². The van der Waals surface area contributed by atoms with Gasteiger partial charge in [-0.2, -0.15) is 0 Å². The minimum atomic E-state index is -0.202. The molecule has 0 radical (unpaired) electrons. The highest BCUT2D eigenvalue weighted by molar-refractivity contribution is 5.46. The molecular formula is C17H20FN. The van der Waals surface area contributed by atoms with E-state index in [4.69, 9.17) is 0 Å². The van der Waals surface area contributed by atoms with Gasteiger partial charge in [0.05, 0.1) is 11.7 Å². The molecule has 1 nitrogen and oxygen atoms in total.